The molecular weight excluding hydrogens is 378 g/mol. The van der Waals surface area contributed by atoms with Crippen LogP contribution in [0.25, 0.3) is 11.0 Å². The lowest BCUT2D eigenvalue weighted by Gasteiger charge is -2.15. The van der Waals surface area contributed by atoms with Gasteiger partial charge in [-0.3, -0.25) is 4.79 Å². The molecule has 0 radical (unpaired) electrons. The molecule has 0 bridgehead atoms. The summed E-state index contributed by atoms with van der Waals surface area (Å²) in [6.07, 6.45) is 0. The van der Waals surface area contributed by atoms with E-state index in [1.807, 2.05) is 30.3 Å². The van der Waals surface area contributed by atoms with Crippen LogP contribution in [-0.4, -0.2) is 36.7 Å². The molecule has 0 spiro atoms. The Morgan fingerprint density at radius 1 is 1.14 bits per heavy atom. The maximum Gasteiger partial charge on any atom is 0.349 e. The minimum Gasteiger partial charge on any atom is -0.493 e. The molecule has 0 saturated carbocycles. The highest BCUT2D eigenvalue weighted by Crippen LogP contribution is 2.24. The van der Waals surface area contributed by atoms with Crippen LogP contribution in [0.5, 0.6) is 5.75 Å². The first-order valence-corrected chi connectivity index (χ1v) is 8.76. The number of fused-ring (bicyclic) bond motifs is 1. The predicted octanol–water partition coefficient (Wildman–Crippen LogP) is 2.20. The van der Waals surface area contributed by atoms with Crippen molar-refractivity contribution < 1.29 is 28.6 Å². The Morgan fingerprint density at radius 3 is 2.59 bits per heavy atom. The molecule has 3 rings (SSSR count). The van der Waals surface area contributed by atoms with Crippen molar-refractivity contribution in [2.24, 2.45) is 0 Å². The van der Waals surface area contributed by atoms with Crippen molar-refractivity contribution in [1.29, 1.82) is 0 Å². The Morgan fingerprint density at radius 2 is 1.90 bits per heavy atom. The van der Waals surface area contributed by atoms with Crippen LogP contribution in [0, 0.1) is 0 Å². The molecule has 29 heavy (non-hydrogen) atoms. The maximum absolute atomic E-state index is 12.5. The van der Waals surface area contributed by atoms with Gasteiger partial charge in [-0.25, -0.2) is 9.59 Å². The highest BCUT2D eigenvalue weighted by molar-refractivity contribution is 5.99. The van der Waals surface area contributed by atoms with E-state index in [1.165, 1.54) is 13.2 Å². The second-order valence-corrected chi connectivity index (χ2v) is 6.19. The fourth-order valence-corrected chi connectivity index (χ4v) is 2.72. The summed E-state index contributed by atoms with van der Waals surface area (Å²) in [4.78, 5) is 36.2. The third kappa shape index (κ3) is 4.80. The number of ether oxygens (including phenoxy) is 2. The molecule has 0 saturated heterocycles. The molecule has 1 atom stereocenters. The van der Waals surface area contributed by atoms with E-state index < -0.39 is 23.5 Å². The molecule has 8 nitrogen and oxygen atoms in total. The van der Waals surface area contributed by atoms with E-state index in [-0.39, 0.29) is 24.4 Å². The normalized spacial score (nSPS) is 11.8. The number of amides is 1. The van der Waals surface area contributed by atoms with E-state index in [4.69, 9.17) is 13.9 Å². The summed E-state index contributed by atoms with van der Waals surface area (Å²) in [6.45, 7) is -0.0683. The Labute approximate surface area is 165 Å². The van der Waals surface area contributed by atoms with Gasteiger partial charge in [0.25, 0.3) is 5.91 Å². The number of carbonyl (C=O) groups excluding carboxylic acids is 1. The van der Waals surface area contributed by atoms with Gasteiger partial charge in [0.2, 0.25) is 0 Å². The van der Waals surface area contributed by atoms with Gasteiger partial charge >= 0.3 is 11.6 Å². The Bertz CT molecular complexity index is 1080. The summed E-state index contributed by atoms with van der Waals surface area (Å²) in [5.74, 6) is -1.79. The average Bonchev–Trinajstić information content (AvgIpc) is 2.72. The second-order valence-electron chi connectivity index (χ2n) is 6.19. The summed E-state index contributed by atoms with van der Waals surface area (Å²) in [7, 11) is 1.43. The zero-order valence-corrected chi connectivity index (χ0v) is 15.6. The largest absolute Gasteiger partial charge is 0.493 e. The van der Waals surface area contributed by atoms with Gasteiger partial charge in [0.05, 0.1) is 20.3 Å². The minimum atomic E-state index is -1.33. The van der Waals surface area contributed by atoms with Crippen molar-refractivity contribution in [2.45, 2.75) is 12.6 Å². The molecule has 1 amide bonds. The van der Waals surface area contributed by atoms with Gasteiger partial charge in [-0.2, -0.15) is 0 Å². The Kier molecular flexibility index (Phi) is 6.25. The lowest BCUT2D eigenvalue weighted by atomic mass is 10.1. The lowest BCUT2D eigenvalue weighted by Crippen LogP contribution is -2.45. The average molecular weight is 397 g/mol. The second kappa shape index (κ2) is 9.03. The van der Waals surface area contributed by atoms with Crippen LogP contribution in [0.4, 0.5) is 0 Å². The quantitative estimate of drug-likeness (QED) is 0.560. The van der Waals surface area contributed by atoms with Crippen LogP contribution in [0.2, 0.25) is 0 Å². The van der Waals surface area contributed by atoms with Crippen molar-refractivity contribution in [2.75, 3.05) is 13.7 Å². The number of para-hydroxylation sites is 1. The van der Waals surface area contributed by atoms with Gasteiger partial charge in [-0.1, -0.05) is 42.5 Å². The summed E-state index contributed by atoms with van der Waals surface area (Å²) in [5.41, 5.74) is -0.126. The Hall–Kier alpha value is -3.65. The molecule has 2 aromatic carbocycles. The molecule has 150 valence electrons. The number of carboxylic acid groups (broad SMARTS) is 1. The lowest BCUT2D eigenvalue weighted by molar-refractivity contribution is -0.141. The molecule has 0 fully saturated rings. The number of carboxylic acids is 1. The van der Waals surface area contributed by atoms with E-state index in [0.717, 1.165) is 5.56 Å². The summed E-state index contributed by atoms with van der Waals surface area (Å²) >= 11 is 0. The molecule has 0 aliphatic rings. The van der Waals surface area contributed by atoms with E-state index in [2.05, 4.69) is 5.32 Å². The molecule has 0 aliphatic heterocycles. The van der Waals surface area contributed by atoms with Crippen molar-refractivity contribution in [3.05, 3.63) is 76.1 Å². The monoisotopic (exact) mass is 397 g/mol. The first-order chi connectivity index (χ1) is 14.0. The van der Waals surface area contributed by atoms with Crippen molar-refractivity contribution in [1.82, 2.24) is 5.32 Å². The van der Waals surface area contributed by atoms with E-state index in [0.29, 0.717) is 11.1 Å². The van der Waals surface area contributed by atoms with Gasteiger partial charge in [0, 0.05) is 5.39 Å². The summed E-state index contributed by atoms with van der Waals surface area (Å²) < 4.78 is 15.7. The highest BCUT2D eigenvalue weighted by atomic mass is 16.5. The van der Waals surface area contributed by atoms with Crippen LogP contribution in [0.15, 0.2) is 63.8 Å². The van der Waals surface area contributed by atoms with Crippen molar-refractivity contribution >= 4 is 22.8 Å². The first-order valence-electron chi connectivity index (χ1n) is 8.76. The standard InChI is InChI=1S/C21H19NO7/c1-27-17-9-5-8-14-10-15(21(26)29-18(14)17)19(23)22-16(20(24)25)12-28-11-13-6-3-2-4-7-13/h2-10,16H,11-12H2,1H3,(H,22,23)(H,24,25)/t16-/m0/s1. The van der Waals surface area contributed by atoms with E-state index in [1.54, 1.807) is 18.2 Å². The molecule has 2 N–H and O–H groups in total. The van der Waals surface area contributed by atoms with Crippen LogP contribution < -0.4 is 15.7 Å². The van der Waals surface area contributed by atoms with Crippen LogP contribution in [0.1, 0.15) is 15.9 Å². The van der Waals surface area contributed by atoms with Gasteiger partial charge in [0.1, 0.15) is 5.56 Å². The molecule has 1 heterocycles. The van der Waals surface area contributed by atoms with Crippen LogP contribution in [0.3, 0.4) is 0 Å². The van der Waals surface area contributed by atoms with Crippen molar-refractivity contribution in [3.63, 3.8) is 0 Å². The number of nitrogens with one attached hydrogen (secondary N) is 1. The third-order valence-electron chi connectivity index (χ3n) is 4.19. The Balaban J connectivity index is 1.73. The molecule has 0 aliphatic carbocycles. The van der Waals surface area contributed by atoms with Gasteiger partial charge in [-0.15, -0.1) is 0 Å². The number of hydrogen-bond donors (Lipinski definition) is 2. The number of aliphatic carboxylic acids is 1. The van der Waals surface area contributed by atoms with Gasteiger partial charge in [0.15, 0.2) is 17.4 Å². The fraction of sp³-hybridized carbons (Fsp3) is 0.190. The molecule has 0 unspecified atom stereocenters. The van der Waals surface area contributed by atoms with Crippen LogP contribution >= 0.6 is 0 Å². The number of methoxy groups -OCH3 is 1. The summed E-state index contributed by atoms with van der Waals surface area (Å²) in [5, 5.41) is 12.1. The highest BCUT2D eigenvalue weighted by Gasteiger charge is 2.23. The zero-order chi connectivity index (χ0) is 20.8. The minimum absolute atomic E-state index is 0.193. The SMILES string of the molecule is COc1cccc2cc(C(=O)N[C@@H](COCc3ccccc3)C(=O)O)c(=O)oc12. The molecule has 8 heteroatoms. The fourth-order valence-electron chi connectivity index (χ4n) is 2.72. The van der Waals surface area contributed by atoms with E-state index >= 15 is 0 Å². The summed E-state index contributed by atoms with van der Waals surface area (Å²) in [6, 6.07) is 14.2. The zero-order valence-electron chi connectivity index (χ0n) is 15.6. The third-order valence-corrected chi connectivity index (χ3v) is 4.19. The molecular formula is C21H19NO7. The maximum atomic E-state index is 12.5. The molecule has 1 aromatic heterocycles. The van der Waals surface area contributed by atoms with E-state index in [9.17, 15) is 19.5 Å². The van der Waals surface area contributed by atoms with Crippen LogP contribution in [-0.2, 0) is 16.1 Å². The number of hydrogen-bond acceptors (Lipinski definition) is 6. The first kappa shape index (κ1) is 20.1. The number of rotatable bonds is 8. The number of benzene rings is 2. The van der Waals surface area contributed by atoms with Crippen molar-refractivity contribution in [3.8, 4) is 5.75 Å². The number of carbonyl (C=O) groups is 2. The smallest absolute Gasteiger partial charge is 0.349 e. The van der Waals surface area contributed by atoms with Gasteiger partial charge in [-0.05, 0) is 17.7 Å². The predicted molar refractivity (Wildman–Crippen MR) is 104 cm³/mol. The van der Waals surface area contributed by atoms with Gasteiger partial charge < -0.3 is 24.3 Å². The molecule has 3 aromatic rings. The topological polar surface area (TPSA) is 115 Å².